The third-order valence-corrected chi connectivity index (χ3v) is 5.08. The number of hydrogen-bond donors (Lipinski definition) is 4. The lowest BCUT2D eigenvalue weighted by Crippen LogP contribution is -2.60. The molecule has 1 saturated heterocycles. The molecule has 0 bridgehead atoms. The summed E-state index contributed by atoms with van der Waals surface area (Å²) < 4.78 is 25.8. The molecule has 0 amide bonds. The Hall–Kier alpha value is -2.74. The molecule has 2 aliphatic heterocycles. The van der Waals surface area contributed by atoms with E-state index in [-0.39, 0.29) is 30.4 Å². The van der Waals surface area contributed by atoms with E-state index in [0.29, 0.717) is 5.69 Å². The Labute approximate surface area is 183 Å². The van der Waals surface area contributed by atoms with Crippen molar-refractivity contribution in [3.63, 3.8) is 0 Å². The molecule has 12 heteroatoms. The molecule has 0 saturated carbocycles. The van der Waals surface area contributed by atoms with Crippen LogP contribution in [0, 0.1) is 0 Å². The van der Waals surface area contributed by atoms with Gasteiger partial charge in [0, 0.05) is 5.69 Å². The smallest absolute Gasteiger partial charge is 0.355 e. The summed E-state index contributed by atoms with van der Waals surface area (Å²) in [4.78, 5) is 25.8. The summed E-state index contributed by atoms with van der Waals surface area (Å²) in [6.45, 7) is -0.729. The molecule has 0 aromatic heterocycles. The maximum atomic E-state index is 12.3. The van der Waals surface area contributed by atoms with Crippen LogP contribution in [0.3, 0.4) is 0 Å². The molecule has 32 heavy (non-hydrogen) atoms. The Morgan fingerprint density at radius 3 is 2.28 bits per heavy atom. The number of benzene rings is 1. The van der Waals surface area contributed by atoms with Gasteiger partial charge in [0.15, 0.2) is 0 Å². The Bertz CT molecular complexity index is 854. The van der Waals surface area contributed by atoms with E-state index in [1.807, 2.05) is 0 Å². The summed E-state index contributed by atoms with van der Waals surface area (Å²) in [6.07, 6.45) is -7.07. The van der Waals surface area contributed by atoms with E-state index in [4.69, 9.17) is 23.7 Å². The van der Waals surface area contributed by atoms with Crippen LogP contribution in [-0.4, -0.2) is 97.2 Å². The summed E-state index contributed by atoms with van der Waals surface area (Å²) in [5.74, 6) is -1.24. The van der Waals surface area contributed by atoms with Crippen LogP contribution < -0.4 is 9.64 Å². The molecule has 3 rings (SSSR count). The monoisotopic (exact) mass is 455 g/mol. The van der Waals surface area contributed by atoms with Crippen LogP contribution in [0.4, 0.5) is 5.69 Å². The first-order valence-corrected chi connectivity index (χ1v) is 9.64. The van der Waals surface area contributed by atoms with Gasteiger partial charge in [-0.05, 0) is 24.3 Å². The molecule has 12 nitrogen and oxygen atoms in total. The van der Waals surface area contributed by atoms with E-state index in [1.165, 1.54) is 31.3 Å². The molecule has 5 unspecified atom stereocenters. The predicted octanol–water partition coefficient (Wildman–Crippen LogP) is -1.74. The van der Waals surface area contributed by atoms with E-state index in [0.717, 1.165) is 0 Å². The number of aliphatic hydroxyl groups is 4. The van der Waals surface area contributed by atoms with Gasteiger partial charge >= 0.3 is 11.9 Å². The quantitative estimate of drug-likeness (QED) is 0.359. The van der Waals surface area contributed by atoms with E-state index in [9.17, 15) is 30.0 Å². The molecule has 0 radical (unpaired) electrons. The van der Waals surface area contributed by atoms with Crippen molar-refractivity contribution in [1.29, 1.82) is 0 Å². The highest BCUT2D eigenvalue weighted by Crippen LogP contribution is 2.30. The molecule has 1 aromatic rings. The third kappa shape index (κ3) is 4.70. The fraction of sp³-hybridized carbons (Fsp3) is 0.500. The standard InChI is InChI=1S/C20H25NO11/c1-28-18(26)12-8-30-9-21(14(12)19(27)29-2)10-3-5-11(6-4-10)31-20-17(25)16(24)15(23)13(7-22)32-20/h3-6,13,15-17,20,22-25H,7-9H2,1-2H3. The molecule has 5 atom stereocenters. The molecular formula is C20H25NO11. The lowest BCUT2D eigenvalue weighted by atomic mass is 9.99. The van der Waals surface area contributed by atoms with Crippen LogP contribution >= 0.6 is 0 Å². The van der Waals surface area contributed by atoms with Gasteiger partial charge in [0.1, 0.15) is 42.6 Å². The zero-order chi connectivity index (χ0) is 23.4. The Balaban J connectivity index is 1.81. The SMILES string of the molecule is COC(=O)C1=C(C(=O)OC)N(c2ccc(OC3OC(CO)C(O)C(O)C3O)cc2)COC1. The normalized spacial score (nSPS) is 28.3. The number of carbonyl (C=O) groups is 2. The molecule has 0 aliphatic carbocycles. The molecule has 0 spiro atoms. The topological polar surface area (TPSA) is 164 Å². The first-order valence-electron chi connectivity index (χ1n) is 9.64. The van der Waals surface area contributed by atoms with E-state index in [2.05, 4.69) is 0 Å². The molecule has 1 aromatic carbocycles. The van der Waals surface area contributed by atoms with E-state index < -0.39 is 49.3 Å². The van der Waals surface area contributed by atoms with Gasteiger partial charge in [-0.25, -0.2) is 9.59 Å². The zero-order valence-corrected chi connectivity index (χ0v) is 17.4. The lowest BCUT2D eigenvalue weighted by molar-refractivity contribution is -0.277. The number of anilines is 1. The van der Waals surface area contributed by atoms with Gasteiger partial charge < -0.3 is 49.0 Å². The number of nitrogens with zero attached hydrogens (tertiary/aromatic N) is 1. The summed E-state index contributed by atoms with van der Waals surface area (Å²) in [5.41, 5.74) is 0.452. The third-order valence-electron chi connectivity index (χ3n) is 5.08. The van der Waals surface area contributed by atoms with E-state index in [1.54, 1.807) is 12.1 Å². The first kappa shape index (κ1) is 23.9. The van der Waals surface area contributed by atoms with Gasteiger partial charge in [-0.3, -0.25) is 0 Å². The second-order valence-corrected chi connectivity index (χ2v) is 7.02. The minimum Gasteiger partial charge on any atom is -0.466 e. The van der Waals surface area contributed by atoms with Crippen molar-refractivity contribution in [3.05, 3.63) is 35.5 Å². The number of carbonyl (C=O) groups excluding carboxylic acids is 2. The molecule has 176 valence electrons. The number of methoxy groups -OCH3 is 2. The second-order valence-electron chi connectivity index (χ2n) is 7.02. The Morgan fingerprint density at radius 1 is 1.03 bits per heavy atom. The van der Waals surface area contributed by atoms with Crippen molar-refractivity contribution < 1.29 is 53.7 Å². The van der Waals surface area contributed by atoms with Gasteiger partial charge in [-0.15, -0.1) is 0 Å². The highest BCUT2D eigenvalue weighted by molar-refractivity contribution is 6.03. The van der Waals surface area contributed by atoms with Crippen LogP contribution in [0.1, 0.15) is 0 Å². The number of esters is 2. The minimum absolute atomic E-state index is 0.00671. The molecule has 2 aliphatic rings. The summed E-state index contributed by atoms with van der Waals surface area (Å²) in [6, 6.07) is 6.12. The van der Waals surface area contributed by atoms with Crippen LogP contribution in [0.15, 0.2) is 35.5 Å². The van der Waals surface area contributed by atoms with E-state index >= 15 is 0 Å². The highest BCUT2D eigenvalue weighted by Gasteiger charge is 2.44. The molecule has 2 heterocycles. The van der Waals surface area contributed by atoms with Crippen LogP contribution in [0.2, 0.25) is 0 Å². The van der Waals surface area contributed by atoms with Crippen molar-refractivity contribution in [2.75, 3.05) is 39.1 Å². The molecule has 4 N–H and O–H groups in total. The summed E-state index contributed by atoms with van der Waals surface area (Å²) in [5, 5.41) is 39.1. The van der Waals surface area contributed by atoms with Gasteiger partial charge in [0.05, 0.1) is 33.0 Å². The maximum absolute atomic E-state index is 12.3. The molecule has 1 fully saturated rings. The minimum atomic E-state index is -1.57. The van der Waals surface area contributed by atoms with Gasteiger partial charge in [0.25, 0.3) is 0 Å². The molecular weight excluding hydrogens is 430 g/mol. The predicted molar refractivity (Wildman–Crippen MR) is 105 cm³/mol. The van der Waals surface area contributed by atoms with Crippen molar-refractivity contribution in [1.82, 2.24) is 0 Å². The zero-order valence-electron chi connectivity index (χ0n) is 17.4. The highest BCUT2D eigenvalue weighted by atomic mass is 16.7. The van der Waals surface area contributed by atoms with Gasteiger partial charge in [0.2, 0.25) is 6.29 Å². The van der Waals surface area contributed by atoms with Crippen LogP contribution in [-0.2, 0) is 28.5 Å². The van der Waals surface area contributed by atoms with Gasteiger partial charge in [-0.2, -0.15) is 0 Å². The number of hydrogen-bond acceptors (Lipinski definition) is 12. The average molecular weight is 455 g/mol. The lowest BCUT2D eigenvalue weighted by Gasteiger charge is -2.39. The second kappa shape index (κ2) is 10.3. The fourth-order valence-corrected chi connectivity index (χ4v) is 3.35. The van der Waals surface area contributed by atoms with Crippen molar-refractivity contribution in [2.45, 2.75) is 30.7 Å². The Kier molecular flexibility index (Phi) is 7.66. The van der Waals surface area contributed by atoms with Crippen molar-refractivity contribution in [3.8, 4) is 5.75 Å². The number of rotatable bonds is 6. The van der Waals surface area contributed by atoms with Crippen molar-refractivity contribution in [2.24, 2.45) is 0 Å². The number of ether oxygens (including phenoxy) is 5. The largest absolute Gasteiger partial charge is 0.466 e. The summed E-state index contributed by atoms with van der Waals surface area (Å²) >= 11 is 0. The van der Waals surface area contributed by atoms with Gasteiger partial charge in [-0.1, -0.05) is 0 Å². The van der Waals surface area contributed by atoms with Crippen LogP contribution in [0.25, 0.3) is 0 Å². The van der Waals surface area contributed by atoms with Crippen LogP contribution in [0.5, 0.6) is 5.75 Å². The average Bonchev–Trinajstić information content (AvgIpc) is 2.83. The summed E-state index contributed by atoms with van der Waals surface area (Å²) in [7, 11) is 2.38. The first-order chi connectivity index (χ1) is 15.3. The maximum Gasteiger partial charge on any atom is 0.355 e. The fourth-order valence-electron chi connectivity index (χ4n) is 3.35. The number of aliphatic hydroxyl groups excluding tert-OH is 4. The Morgan fingerprint density at radius 2 is 1.69 bits per heavy atom. The van der Waals surface area contributed by atoms with Crippen molar-refractivity contribution >= 4 is 17.6 Å².